The Balaban J connectivity index is 2.24. The molecule has 0 atom stereocenters. The van der Waals surface area contributed by atoms with Gasteiger partial charge >= 0.3 is 6.09 Å². The van der Waals surface area contributed by atoms with Gasteiger partial charge in [0.1, 0.15) is 0 Å². The zero-order chi connectivity index (χ0) is 20.5. The molecule has 0 aliphatic rings. The van der Waals surface area contributed by atoms with E-state index in [1.807, 2.05) is 6.07 Å². The number of amides is 2. The average molecular weight is 407 g/mol. The third-order valence-corrected chi connectivity index (χ3v) is 5.19. The smallest absolute Gasteiger partial charge is 0.413 e. The third kappa shape index (κ3) is 5.80. The van der Waals surface area contributed by atoms with Crippen LogP contribution < -0.4 is 10.9 Å². The summed E-state index contributed by atoms with van der Waals surface area (Å²) in [6, 6.07) is 7.14. The van der Waals surface area contributed by atoms with Crippen molar-refractivity contribution in [3.63, 3.8) is 0 Å². The Morgan fingerprint density at radius 1 is 1.21 bits per heavy atom. The van der Waals surface area contributed by atoms with Gasteiger partial charge in [-0.05, 0) is 32.1 Å². The summed E-state index contributed by atoms with van der Waals surface area (Å²) in [4.78, 5) is 43.1. The highest BCUT2D eigenvalue weighted by Gasteiger charge is 2.15. The van der Waals surface area contributed by atoms with Crippen LogP contribution >= 0.6 is 11.8 Å². The van der Waals surface area contributed by atoms with Crippen molar-refractivity contribution < 1.29 is 14.3 Å². The Morgan fingerprint density at radius 3 is 2.61 bits per heavy atom. The van der Waals surface area contributed by atoms with Gasteiger partial charge in [-0.2, -0.15) is 0 Å². The number of rotatable bonds is 9. The van der Waals surface area contributed by atoms with E-state index in [1.54, 1.807) is 29.7 Å². The van der Waals surface area contributed by atoms with E-state index in [0.29, 0.717) is 29.1 Å². The van der Waals surface area contributed by atoms with Crippen molar-refractivity contribution in [1.29, 1.82) is 0 Å². The highest BCUT2D eigenvalue weighted by Crippen LogP contribution is 2.17. The molecule has 0 unspecified atom stereocenters. The number of carbonyl (C=O) groups excluding carboxylic acids is 2. The maximum Gasteiger partial charge on any atom is 0.413 e. The third-order valence-electron chi connectivity index (χ3n) is 4.21. The average Bonchev–Trinajstić information content (AvgIpc) is 2.69. The molecule has 0 aliphatic heterocycles. The molecule has 2 rings (SSSR count). The zero-order valence-corrected chi connectivity index (χ0v) is 17.3. The molecule has 152 valence electrons. The second kappa shape index (κ2) is 10.8. The molecule has 0 fully saturated rings. The number of alkyl carbamates (subject to hydrolysis) is 1. The van der Waals surface area contributed by atoms with Crippen LogP contribution in [0.4, 0.5) is 4.79 Å². The van der Waals surface area contributed by atoms with Gasteiger partial charge in [0.05, 0.1) is 23.3 Å². The number of hydrogen-bond acceptors (Lipinski definition) is 7. The first-order valence-electron chi connectivity index (χ1n) is 9.31. The van der Waals surface area contributed by atoms with E-state index in [4.69, 9.17) is 4.74 Å². The lowest BCUT2D eigenvalue weighted by atomic mass is 10.2. The highest BCUT2D eigenvalue weighted by molar-refractivity contribution is 7.99. The summed E-state index contributed by atoms with van der Waals surface area (Å²) in [6.45, 7) is 8.93. The lowest BCUT2D eigenvalue weighted by Crippen LogP contribution is -2.34. The van der Waals surface area contributed by atoms with Gasteiger partial charge in [-0.1, -0.05) is 37.7 Å². The second-order valence-electron chi connectivity index (χ2n) is 5.95. The summed E-state index contributed by atoms with van der Waals surface area (Å²) in [6.07, 6.45) is -0.779. The van der Waals surface area contributed by atoms with Gasteiger partial charge in [0.25, 0.3) is 5.56 Å². The van der Waals surface area contributed by atoms with Crippen LogP contribution in [0.15, 0.2) is 34.2 Å². The SMILES string of the molecule is CCOC(=O)NC(=O)CSc1nc2ccccc2c(=O)n1CCN(CC)CC. The number of imide groups is 1. The molecule has 2 amide bonds. The molecule has 2 aromatic rings. The molecule has 0 saturated heterocycles. The van der Waals surface area contributed by atoms with Crippen molar-refractivity contribution in [3.05, 3.63) is 34.6 Å². The van der Waals surface area contributed by atoms with Crippen LogP contribution in [0.2, 0.25) is 0 Å². The largest absolute Gasteiger partial charge is 0.450 e. The van der Waals surface area contributed by atoms with Crippen LogP contribution in [-0.4, -0.2) is 58.4 Å². The van der Waals surface area contributed by atoms with Crippen LogP contribution in [-0.2, 0) is 16.1 Å². The predicted octanol–water partition coefficient (Wildman–Crippen LogP) is 2.10. The number of ether oxygens (including phenoxy) is 1. The highest BCUT2D eigenvalue weighted by atomic mass is 32.2. The van der Waals surface area contributed by atoms with Gasteiger partial charge in [-0.15, -0.1) is 0 Å². The molecule has 1 aromatic heterocycles. The van der Waals surface area contributed by atoms with Crippen molar-refractivity contribution in [2.45, 2.75) is 32.5 Å². The van der Waals surface area contributed by atoms with Gasteiger partial charge in [-0.25, -0.2) is 9.78 Å². The van der Waals surface area contributed by atoms with Crippen molar-refractivity contribution in [1.82, 2.24) is 19.8 Å². The molecule has 1 heterocycles. The van der Waals surface area contributed by atoms with Gasteiger partial charge < -0.3 is 9.64 Å². The van der Waals surface area contributed by atoms with E-state index in [1.165, 1.54) is 0 Å². The number of fused-ring (bicyclic) bond motifs is 1. The van der Waals surface area contributed by atoms with Crippen LogP contribution in [0.1, 0.15) is 20.8 Å². The lowest BCUT2D eigenvalue weighted by Gasteiger charge is -2.20. The first-order valence-corrected chi connectivity index (χ1v) is 10.3. The molecular formula is C19H26N4O4S. The Kier molecular flexibility index (Phi) is 8.46. The van der Waals surface area contributed by atoms with Crippen LogP contribution in [0.3, 0.4) is 0 Å². The fourth-order valence-electron chi connectivity index (χ4n) is 2.68. The number of nitrogens with one attached hydrogen (secondary N) is 1. The first-order chi connectivity index (χ1) is 13.5. The molecule has 0 radical (unpaired) electrons. The summed E-state index contributed by atoms with van der Waals surface area (Å²) in [5.41, 5.74) is 0.450. The number of aromatic nitrogens is 2. The quantitative estimate of drug-likeness (QED) is 0.503. The minimum absolute atomic E-state index is 0.0468. The molecule has 1 N–H and O–H groups in total. The Morgan fingerprint density at radius 2 is 1.93 bits per heavy atom. The molecule has 28 heavy (non-hydrogen) atoms. The Hall–Kier alpha value is -2.39. The number of likely N-dealkylation sites (N-methyl/N-ethyl adjacent to an activating group) is 1. The number of benzene rings is 1. The fourth-order valence-corrected chi connectivity index (χ4v) is 3.51. The summed E-state index contributed by atoms with van der Waals surface area (Å²) in [5, 5.41) is 3.14. The summed E-state index contributed by atoms with van der Waals surface area (Å²) < 4.78 is 6.30. The molecular weight excluding hydrogens is 380 g/mol. The standard InChI is InChI=1S/C19H26N4O4S/c1-4-22(5-2)11-12-23-17(25)14-9-7-8-10-15(14)20-18(23)28-13-16(24)21-19(26)27-6-3/h7-10H,4-6,11-13H2,1-3H3,(H,21,24,26). The summed E-state index contributed by atoms with van der Waals surface area (Å²) >= 11 is 1.12. The molecule has 9 heteroatoms. The maximum atomic E-state index is 13.0. The van der Waals surface area contributed by atoms with E-state index >= 15 is 0 Å². The van der Waals surface area contributed by atoms with Gasteiger partial charge in [0, 0.05) is 13.1 Å². The lowest BCUT2D eigenvalue weighted by molar-refractivity contribution is -0.117. The summed E-state index contributed by atoms with van der Waals surface area (Å²) in [7, 11) is 0. The molecule has 0 bridgehead atoms. The van der Waals surface area contributed by atoms with E-state index < -0.39 is 12.0 Å². The Bertz CT molecular complexity index is 880. The fraction of sp³-hybridized carbons (Fsp3) is 0.474. The van der Waals surface area contributed by atoms with Crippen molar-refractivity contribution in [3.8, 4) is 0 Å². The number of nitrogens with zero attached hydrogens (tertiary/aromatic N) is 3. The maximum absolute atomic E-state index is 13.0. The molecule has 8 nitrogen and oxygen atoms in total. The monoisotopic (exact) mass is 406 g/mol. The number of thioether (sulfide) groups is 1. The van der Waals surface area contributed by atoms with Gasteiger partial charge in [0.2, 0.25) is 5.91 Å². The molecule has 1 aromatic carbocycles. The predicted molar refractivity (Wildman–Crippen MR) is 110 cm³/mol. The van der Waals surface area contributed by atoms with E-state index in [-0.39, 0.29) is 17.9 Å². The van der Waals surface area contributed by atoms with Crippen LogP contribution in [0.5, 0.6) is 0 Å². The van der Waals surface area contributed by atoms with E-state index in [9.17, 15) is 14.4 Å². The van der Waals surface area contributed by atoms with Crippen LogP contribution in [0, 0.1) is 0 Å². The zero-order valence-electron chi connectivity index (χ0n) is 16.4. The Labute approximate surface area is 168 Å². The van der Waals surface area contributed by atoms with E-state index in [2.05, 4.69) is 29.0 Å². The van der Waals surface area contributed by atoms with Crippen molar-refractivity contribution in [2.24, 2.45) is 0 Å². The van der Waals surface area contributed by atoms with Crippen molar-refractivity contribution >= 4 is 34.7 Å². The minimum atomic E-state index is -0.779. The van der Waals surface area contributed by atoms with Crippen LogP contribution in [0.25, 0.3) is 10.9 Å². The van der Waals surface area contributed by atoms with Crippen molar-refractivity contribution in [2.75, 3.05) is 32.0 Å². The first kappa shape index (κ1) is 21.9. The second-order valence-corrected chi connectivity index (χ2v) is 6.90. The molecule has 0 spiro atoms. The topological polar surface area (TPSA) is 93.5 Å². The number of para-hydroxylation sites is 1. The molecule has 0 aliphatic carbocycles. The van der Waals surface area contributed by atoms with E-state index in [0.717, 1.165) is 24.9 Å². The number of carbonyl (C=O) groups is 2. The van der Waals surface area contributed by atoms with Gasteiger partial charge in [-0.3, -0.25) is 19.5 Å². The summed E-state index contributed by atoms with van der Waals surface area (Å²) in [5.74, 6) is -0.546. The van der Waals surface area contributed by atoms with Gasteiger partial charge in [0.15, 0.2) is 5.16 Å². The minimum Gasteiger partial charge on any atom is -0.450 e. The normalized spacial score (nSPS) is 11.0. The molecule has 0 saturated carbocycles. The number of hydrogen-bond donors (Lipinski definition) is 1.